The molecule has 0 aliphatic carbocycles. The molecule has 17 heavy (non-hydrogen) atoms. The summed E-state index contributed by atoms with van der Waals surface area (Å²) in [6.07, 6.45) is 1.87. The molecule has 0 atom stereocenters. The molecule has 1 rings (SSSR count). The highest BCUT2D eigenvalue weighted by Crippen LogP contribution is 2.09. The van der Waals surface area contributed by atoms with Crippen LogP contribution < -0.4 is 0 Å². The Kier molecular flexibility index (Phi) is 4.21. The molecule has 0 saturated carbocycles. The Morgan fingerprint density at radius 3 is 2.06 bits per heavy atom. The van der Waals surface area contributed by atoms with E-state index >= 15 is 0 Å². The summed E-state index contributed by atoms with van der Waals surface area (Å²) in [7, 11) is 2.31. The lowest BCUT2D eigenvalue weighted by molar-refractivity contribution is -0.143. The second-order valence-corrected chi connectivity index (χ2v) is 3.03. The Morgan fingerprint density at radius 1 is 1.12 bits per heavy atom. The Labute approximate surface area is 97.2 Å². The van der Waals surface area contributed by atoms with Crippen molar-refractivity contribution in [2.75, 3.05) is 14.2 Å². The number of carbonyl (C=O) groups excluding carboxylic acids is 3. The quantitative estimate of drug-likeness (QED) is 0.272. The third kappa shape index (κ3) is 3.04. The molecule has 0 aliphatic heterocycles. The van der Waals surface area contributed by atoms with Crippen molar-refractivity contribution in [1.82, 2.24) is 4.98 Å². The molecule has 0 aliphatic rings. The molecule has 6 nitrogen and oxygen atoms in total. The topological polar surface area (TPSA) is 85.5 Å². The van der Waals surface area contributed by atoms with E-state index in [-0.39, 0.29) is 5.57 Å². The van der Waals surface area contributed by atoms with Gasteiger partial charge >= 0.3 is 11.9 Å². The number of rotatable bonds is 4. The zero-order valence-corrected chi connectivity index (χ0v) is 9.35. The molecule has 0 fully saturated rings. The summed E-state index contributed by atoms with van der Waals surface area (Å²) in [5.41, 5.74) is 0.512. The van der Waals surface area contributed by atoms with Crippen molar-refractivity contribution in [1.29, 1.82) is 0 Å². The minimum atomic E-state index is -0.806. The van der Waals surface area contributed by atoms with Gasteiger partial charge in [-0.2, -0.15) is 0 Å². The number of hydrogen-bond acceptors (Lipinski definition) is 5. The molecule has 0 aromatic carbocycles. The fraction of sp³-hybridized carbons (Fsp3) is 0.182. The number of ether oxygens (including phenoxy) is 2. The molecule has 0 radical (unpaired) electrons. The van der Waals surface area contributed by atoms with Gasteiger partial charge in [0.05, 0.1) is 19.9 Å². The average molecular weight is 237 g/mol. The summed E-state index contributed by atoms with van der Waals surface area (Å²) < 4.78 is 8.90. The first kappa shape index (κ1) is 12.7. The molecule has 0 amide bonds. The fourth-order valence-corrected chi connectivity index (χ4v) is 1.16. The van der Waals surface area contributed by atoms with E-state index in [9.17, 15) is 14.4 Å². The minimum Gasteiger partial charge on any atom is -0.465 e. The van der Waals surface area contributed by atoms with Crippen LogP contribution in [0.1, 0.15) is 16.2 Å². The number of aromatic amines is 1. The number of esters is 2. The minimum absolute atomic E-state index is 0.255. The molecule has 0 bridgehead atoms. The van der Waals surface area contributed by atoms with Crippen molar-refractivity contribution < 1.29 is 23.9 Å². The number of nitrogens with one attached hydrogen (secondary N) is 1. The van der Waals surface area contributed by atoms with Crippen LogP contribution in [0.2, 0.25) is 0 Å². The van der Waals surface area contributed by atoms with Crippen molar-refractivity contribution in [2.24, 2.45) is 0 Å². The molecule has 1 aromatic heterocycles. The number of methoxy groups -OCH3 is 2. The van der Waals surface area contributed by atoms with E-state index in [2.05, 4.69) is 14.5 Å². The third-order valence-electron chi connectivity index (χ3n) is 1.97. The van der Waals surface area contributed by atoms with Gasteiger partial charge in [0.2, 0.25) is 0 Å². The smallest absolute Gasteiger partial charge is 0.345 e. The summed E-state index contributed by atoms with van der Waals surface area (Å²) >= 11 is 0. The van der Waals surface area contributed by atoms with Gasteiger partial charge in [-0.15, -0.1) is 0 Å². The average Bonchev–Trinajstić information content (AvgIpc) is 2.81. The van der Waals surface area contributed by atoms with Crippen LogP contribution in [0.5, 0.6) is 0 Å². The zero-order valence-electron chi connectivity index (χ0n) is 9.35. The second kappa shape index (κ2) is 5.64. The third-order valence-corrected chi connectivity index (χ3v) is 1.97. The summed E-state index contributed by atoms with van der Waals surface area (Å²) in [6.45, 7) is 0. The van der Waals surface area contributed by atoms with Crippen LogP contribution in [-0.4, -0.2) is 37.4 Å². The van der Waals surface area contributed by atoms with Crippen LogP contribution in [0.4, 0.5) is 0 Å². The van der Waals surface area contributed by atoms with Gasteiger partial charge < -0.3 is 14.5 Å². The number of aldehydes is 1. The molecule has 1 aromatic rings. The van der Waals surface area contributed by atoms with E-state index in [1.807, 2.05) is 0 Å². The second-order valence-electron chi connectivity index (χ2n) is 3.03. The molecule has 1 heterocycles. The number of hydrogen-bond donors (Lipinski definition) is 1. The number of aromatic nitrogens is 1. The molecule has 0 spiro atoms. The lowest BCUT2D eigenvalue weighted by Crippen LogP contribution is -2.15. The predicted octanol–water partition coefficient (Wildman–Crippen LogP) is 0.557. The van der Waals surface area contributed by atoms with Gasteiger partial charge in [0.1, 0.15) is 5.57 Å². The normalized spacial score (nSPS) is 9.29. The molecule has 1 N–H and O–H groups in total. The Balaban J connectivity index is 3.08. The van der Waals surface area contributed by atoms with Gasteiger partial charge in [0.15, 0.2) is 6.29 Å². The summed E-state index contributed by atoms with van der Waals surface area (Å²) in [6, 6.07) is 3.07. The largest absolute Gasteiger partial charge is 0.465 e. The standard InChI is InChI=1S/C11H11NO5/c1-16-10(14)9(11(15)17-2)5-7-3-4-8(6-13)12-7/h3-6,12H,1-2H3. The molecule has 6 heteroatoms. The first-order valence-corrected chi connectivity index (χ1v) is 4.65. The van der Waals surface area contributed by atoms with Crippen molar-refractivity contribution in [2.45, 2.75) is 0 Å². The van der Waals surface area contributed by atoms with Gasteiger partial charge in [0, 0.05) is 5.69 Å². The van der Waals surface area contributed by atoms with Gasteiger partial charge in [-0.3, -0.25) is 4.79 Å². The van der Waals surface area contributed by atoms with Crippen LogP contribution in [0.3, 0.4) is 0 Å². The van der Waals surface area contributed by atoms with Crippen molar-refractivity contribution >= 4 is 24.3 Å². The highest BCUT2D eigenvalue weighted by molar-refractivity contribution is 6.17. The molecule has 0 saturated heterocycles. The first-order chi connectivity index (χ1) is 8.12. The van der Waals surface area contributed by atoms with Crippen molar-refractivity contribution in [3.63, 3.8) is 0 Å². The lowest BCUT2D eigenvalue weighted by atomic mass is 10.2. The van der Waals surface area contributed by atoms with E-state index in [1.165, 1.54) is 12.1 Å². The lowest BCUT2D eigenvalue weighted by Gasteiger charge is -2.02. The fourth-order valence-electron chi connectivity index (χ4n) is 1.16. The molecule has 90 valence electrons. The zero-order chi connectivity index (χ0) is 12.8. The van der Waals surface area contributed by atoms with Gasteiger partial charge in [-0.05, 0) is 18.2 Å². The van der Waals surface area contributed by atoms with Crippen LogP contribution in [0.15, 0.2) is 17.7 Å². The monoisotopic (exact) mass is 237 g/mol. The van der Waals surface area contributed by atoms with E-state index in [4.69, 9.17) is 0 Å². The Hall–Kier alpha value is -2.37. The summed E-state index contributed by atoms with van der Waals surface area (Å²) in [5, 5.41) is 0. The van der Waals surface area contributed by atoms with Crippen LogP contribution in [-0.2, 0) is 19.1 Å². The number of carbonyl (C=O) groups is 3. The van der Waals surface area contributed by atoms with Gasteiger partial charge in [-0.1, -0.05) is 0 Å². The van der Waals surface area contributed by atoms with Gasteiger partial charge in [0.25, 0.3) is 0 Å². The van der Waals surface area contributed by atoms with Gasteiger partial charge in [-0.25, -0.2) is 9.59 Å². The summed E-state index contributed by atoms with van der Waals surface area (Å²) in [5.74, 6) is -1.61. The van der Waals surface area contributed by atoms with Crippen LogP contribution >= 0.6 is 0 Å². The van der Waals surface area contributed by atoms with E-state index < -0.39 is 11.9 Å². The molecule has 0 unspecified atom stereocenters. The van der Waals surface area contributed by atoms with Crippen molar-refractivity contribution in [3.05, 3.63) is 29.1 Å². The van der Waals surface area contributed by atoms with Crippen LogP contribution in [0.25, 0.3) is 6.08 Å². The van der Waals surface area contributed by atoms with Crippen molar-refractivity contribution in [3.8, 4) is 0 Å². The Bertz CT molecular complexity index is 454. The highest BCUT2D eigenvalue weighted by atomic mass is 16.5. The SMILES string of the molecule is COC(=O)C(=Cc1ccc(C=O)[nH]1)C(=O)OC. The maximum Gasteiger partial charge on any atom is 0.345 e. The summed E-state index contributed by atoms with van der Waals surface area (Å²) in [4.78, 5) is 35.8. The maximum atomic E-state index is 11.3. The van der Waals surface area contributed by atoms with E-state index in [0.717, 1.165) is 14.2 Å². The van der Waals surface area contributed by atoms with E-state index in [0.29, 0.717) is 17.7 Å². The maximum absolute atomic E-state index is 11.3. The molecular formula is C11H11NO5. The first-order valence-electron chi connectivity index (χ1n) is 4.65. The Morgan fingerprint density at radius 2 is 1.65 bits per heavy atom. The van der Waals surface area contributed by atoms with Crippen LogP contribution in [0, 0.1) is 0 Å². The number of H-pyrrole nitrogens is 1. The highest BCUT2D eigenvalue weighted by Gasteiger charge is 2.19. The predicted molar refractivity (Wildman–Crippen MR) is 58.2 cm³/mol. The molecular weight excluding hydrogens is 226 g/mol. The van der Waals surface area contributed by atoms with E-state index in [1.54, 1.807) is 6.07 Å².